The second-order valence-corrected chi connectivity index (χ2v) is 8.09. The first-order valence-electron chi connectivity index (χ1n) is 9.79. The molecule has 2 atom stereocenters. The summed E-state index contributed by atoms with van der Waals surface area (Å²) in [6.07, 6.45) is -4.94. The predicted molar refractivity (Wildman–Crippen MR) is 111 cm³/mol. The Balaban J connectivity index is 0.000000257. The molecule has 0 aliphatic carbocycles. The average molecular weight is 527 g/mol. The van der Waals surface area contributed by atoms with Crippen LogP contribution in [0.25, 0.3) is 0 Å². The molecule has 0 saturated carbocycles. The van der Waals surface area contributed by atoms with Crippen LogP contribution < -0.4 is 4.90 Å². The quantitative estimate of drug-likeness (QED) is 0.585. The largest absolute Gasteiger partial charge is 0.490 e. The molecule has 2 unspecified atom stereocenters. The van der Waals surface area contributed by atoms with Gasteiger partial charge in [0.1, 0.15) is 0 Å². The Bertz CT molecular complexity index is 977. The summed E-state index contributed by atoms with van der Waals surface area (Å²) in [5.74, 6) is -5.28. The zero-order valence-corrected chi connectivity index (χ0v) is 18.5. The Morgan fingerprint density at radius 2 is 1.66 bits per heavy atom. The molecule has 35 heavy (non-hydrogen) atoms. The third kappa shape index (κ3) is 7.92. The number of hydrogen-bond donors (Lipinski definition) is 2. The number of amides is 1. The van der Waals surface area contributed by atoms with E-state index >= 15 is 0 Å². The minimum absolute atomic E-state index is 0.230. The van der Waals surface area contributed by atoms with E-state index in [1.54, 1.807) is 23.7 Å². The Kier molecular flexibility index (Phi) is 9.20. The number of aromatic nitrogens is 1. The van der Waals surface area contributed by atoms with Crippen molar-refractivity contribution >= 4 is 34.9 Å². The van der Waals surface area contributed by atoms with Crippen LogP contribution in [0.15, 0.2) is 41.4 Å². The van der Waals surface area contributed by atoms with Crippen molar-refractivity contribution in [3.8, 4) is 0 Å². The zero-order chi connectivity index (χ0) is 26.4. The molecule has 2 N–H and O–H groups in total. The van der Waals surface area contributed by atoms with Crippen LogP contribution in [-0.4, -0.2) is 68.9 Å². The molecule has 8 nitrogen and oxygen atoms in total. The van der Waals surface area contributed by atoms with Gasteiger partial charge >= 0.3 is 24.3 Å². The Morgan fingerprint density at radius 1 is 1.06 bits per heavy atom. The summed E-state index contributed by atoms with van der Waals surface area (Å²) in [5, 5.41) is 18.6. The summed E-state index contributed by atoms with van der Waals surface area (Å²) in [5.41, 5.74) is 2.29. The number of nitrogens with zero attached hydrogens (tertiary/aromatic N) is 3. The monoisotopic (exact) mass is 527 g/mol. The molecule has 2 aromatic heterocycles. The number of hydrogen-bond acceptors (Lipinski definition) is 6. The van der Waals surface area contributed by atoms with E-state index in [2.05, 4.69) is 26.7 Å². The fourth-order valence-electron chi connectivity index (χ4n) is 3.57. The highest BCUT2D eigenvalue weighted by atomic mass is 32.1. The molecule has 2 aliphatic rings. The number of carbonyl (C=O) groups is 3. The van der Waals surface area contributed by atoms with Crippen molar-refractivity contribution in [1.29, 1.82) is 0 Å². The van der Waals surface area contributed by atoms with Crippen molar-refractivity contribution in [1.82, 2.24) is 9.88 Å². The fourth-order valence-corrected chi connectivity index (χ4v) is 4.23. The van der Waals surface area contributed by atoms with E-state index in [1.807, 2.05) is 17.0 Å². The first kappa shape index (κ1) is 28.0. The van der Waals surface area contributed by atoms with E-state index in [-0.39, 0.29) is 5.91 Å². The van der Waals surface area contributed by atoms with Gasteiger partial charge in [0.25, 0.3) is 0 Å². The first-order chi connectivity index (χ1) is 16.2. The molecule has 4 heterocycles. The van der Waals surface area contributed by atoms with Crippen molar-refractivity contribution in [3.05, 3.63) is 46.9 Å². The number of pyridine rings is 1. The van der Waals surface area contributed by atoms with E-state index in [9.17, 15) is 31.1 Å². The Labute approximate surface area is 198 Å². The predicted octanol–water partition coefficient (Wildman–Crippen LogP) is 3.79. The lowest BCUT2D eigenvalue weighted by Gasteiger charge is -2.25. The van der Waals surface area contributed by atoms with Gasteiger partial charge in [0.2, 0.25) is 5.91 Å². The number of aliphatic carboxylic acids is 2. The van der Waals surface area contributed by atoms with Crippen LogP contribution in [-0.2, 0) is 20.9 Å². The van der Waals surface area contributed by atoms with Gasteiger partial charge in [0.15, 0.2) is 0 Å². The normalized spacial score (nSPS) is 19.8. The third-order valence-electron chi connectivity index (χ3n) is 4.98. The second kappa shape index (κ2) is 11.5. The minimum Gasteiger partial charge on any atom is -0.475 e. The highest BCUT2D eigenvalue weighted by Crippen LogP contribution is 2.36. The summed E-state index contributed by atoms with van der Waals surface area (Å²) in [6, 6.07) is 6.70. The van der Waals surface area contributed by atoms with E-state index < -0.39 is 24.3 Å². The lowest BCUT2D eigenvalue weighted by Crippen LogP contribution is -2.37. The van der Waals surface area contributed by atoms with E-state index in [0.717, 1.165) is 25.2 Å². The summed E-state index contributed by atoms with van der Waals surface area (Å²) < 4.78 is 63.5. The number of alkyl halides is 6. The molecule has 0 bridgehead atoms. The highest BCUT2D eigenvalue weighted by Gasteiger charge is 2.47. The summed E-state index contributed by atoms with van der Waals surface area (Å²) in [6.45, 7) is 2.02. The topological polar surface area (TPSA) is 111 Å². The lowest BCUT2D eigenvalue weighted by molar-refractivity contribution is -0.193. The number of carboxylic acid groups (broad SMARTS) is 2. The van der Waals surface area contributed by atoms with Gasteiger partial charge in [-0.15, -0.1) is 0 Å². The minimum atomic E-state index is -5.08. The van der Waals surface area contributed by atoms with E-state index in [0.29, 0.717) is 18.5 Å². The molecule has 192 valence electrons. The standard InChI is InChI=1S/C16H17N3OS.2C2HF3O2/c20-16-8-15-14(19(16)13-2-1-5-17-9-13)3-6-18(15)10-12-4-7-21-11-12;2*3-2(4,5)1(6)7/h1-2,4-5,7,9,11,14-15H,3,6,8,10H2;2*(H,6,7). The molecule has 4 rings (SSSR count). The van der Waals surface area contributed by atoms with Gasteiger partial charge in [-0.3, -0.25) is 14.7 Å². The molecule has 15 heteroatoms. The van der Waals surface area contributed by atoms with Gasteiger partial charge in [-0.25, -0.2) is 9.59 Å². The van der Waals surface area contributed by atoms with Crippen molar-refractivity contribution in [2.75, 3.05) is 11.4 Å². The molecule has 0 radical (unpaired) electrons. The molecular formula is C20H19F6N3O5S. The summed E-state index contributed by atoms with van der Waals surface area (Å²) in [7, 11) is 0. The Hall–Kier alpha value is -3.20. The number of likely N-dealkylation sites (tertiary alicyclic amines) is 1. The average Bonchev–Trinajstić information content (AvgIpc) is 3.47. The maximum atomic E-state index is 12.4. The van der Waals surface area contributed by atoms with Crippen molar-refractivity contribution in [3.63, 3.8) is 0 Å². The molecule has 2 fully saturated rings. The zero-order valence-electron chi connectivity index (χ0n) is 17.7. The van der Waals surface area contributed by atoms with E-state index in [1.165, 1.54) is 5.56 Å². The number of anilines is 1. The number of carbonyl (C=O) groups excluding carboxylic acids is 1. The van der Waals surface area contributed by atoms with Gasteiger partial charge in [0.05, 0.1) is 17.9 Å². The van der Waals surface area contributed by atoms with Crippen LogP contribution in [0.2, 0.25) is 0 Å². The van der Waals surface area contributed by atoms with Crippen LogP contribution in [0.3, 0.4) is 0 Å². The number of carboxylic acids is 2. The van der Waals surface area contributed by atoms with Gasteiger partial charge < -0.3 is 15.1 Å². The smallest absolute Gasteiger partial charge is 0.475 e. The van der Waals surface area contributed by atoms with Crippen LogP contribution in [0.4, 0.5) is 32.0 Å². The number of thiophene rings is 1. The molecule has 0 aromatic carbocycles. The molecule has 1 amide bonds. The molecular weight excluding hydrogens is 508 g/mol. The maximum absolute atomic E-state index is 12.4. The first-order valence-corrected chi connectivity index (χ1v) is 10.7. The van der Waals surface area contributed by atoms with E-state index in [4.69, 9.17) is 19.8 Å². The molecule has 0 spiro atoms. The molecule has 2 aliphatic heterocycles. The van der Waals surface area contributed by atoms with Crippen LogP contribution in [0.1, 0.15) is 18.4 Å². The van der Waals surface area contributed by atoms with Crippen LogP contribution >= 0.6 is 11.3 Å². The van der Waals surface area contributed by atoms with Crippen LogP contribution in [0.5, 0.6) is 0 Å². The lowest BCUT2D eigenvalue weighted by atomic mass is 10.1. The SMILES string of the molecule is O=C(O)C(F)(F)F.O=C(O)C(F)(F)F.O=C1CC2C(CCN2Cc2ccsc2)N1c1cccnc1. The number of rotatable bonds is 3. The van der Waals surface area contributed by atoms with Gasteiger partial charge in [0, 0.05) is 31.7 Å². The van der Waals surface area contributed by atoms with Gasteiger partial charge in [-0.1, -0.05) is 0 Å². The van der Waals surface area contributed by atoms with Crippen molar-refractivity contribution < 1.29 is 50.9 Å². The highest BCUT2D eigenvalue weighted by molar-refractivity contribution is 7.07. The number of halogens is 6. The van der Waals surface area contributed by atoms with Crippen molar-refractivity contribution in [2.24, 2.45) is 0 Å². The summed E-state index contributed by atoms with van der Waals surface area (Å²) >= 11 is 1.73. The molecule has 2 saturated heterocycles. The summed E-state index contributed by atoms with van der Waals surface area (Å²) in [4.78, 5) is 38.8. The number of fused-ring (bicyclic) bond motifs is 1. The second-order valence-electron chi connectivity index (χ2n) is 7.31. The fraction of sp³-hybridized carbons (Fsp3) is 0.400. The van der Waals surface area contributed by atoms with Crippen LogP contribution in [0, 0.1) is 0 Å². The maximum Gasteiger partial charge on any atom is 0.490 e. The van der Waals surface area contributed by atoms with Crippen molar-refractivity contribution in [2.45, 2.75) is 43.8 Å². The van der Waals surface area contributed by atoms with Gasteiger partial charge in [-0.2, -0.15) is 37.7 Å². The Morgan fingerprint density at radius 3 is 2.11 bits per heavy atom. The van der Waals surface area contributed by atoms with Gasteiger partial charge in [-0.05, 0) is 40.9 Å². The molecule has 2 aromatic rings. The third-order valence-corrected chi connectivity index (χ3v) is 5.72.